The lowest BCUT2D eigenvalue weighted by atomic mass is 10.1. The number of hydrogen-bond donors (Lipinski definition) is 1. The van der Waals surface area contributed by atoms with E-state index in [9.17, 15) is 4.79 Å². The topological polar surface area (TPSA) is 77.7 Å². The normalized spacial score (nSPS) is 17.3. The van der Waals surface area contributed by atoms with Crippen molar-refractivity contribution in [2.24, 2.45) is 0 Å². The van der Waals surface area contributed by atoms with E-state index in [1.807, 2.05) is 41.3 Å². The lowest BCUT2D eigenvalue weighted by Crippen LogP contribution is -2.45. The van der Waals surface area contributed by atoms with Gasteiger partial charge in [0.1, 0.15) is 5.82 Å². The zero-order valence-electron chi connectivity index (χ0n) is 15.1. The third-order valence-corrected chi connectivity index (χ3v) is 4.51. The fourth-order valence-electron chi connectivity index (χ4n) is 3.20. The summed E-state index contributed by atoms with van der Waals surface area (Å²) in [4.78, 5) is 18.7. The average molecular weight is 355 g/mol. The van der Waals surface area contributed by atoms with Crippen molar-refractivity contribution in [2.45, 2.75) is 25.6 Å². The second-order valence-corrected chi connectivity index (χ2v) is 6.50. The molecule has 1 amide bonds. The molecule has 1 aromatic carbocycles. The minimum absolute atomic E-state index is 0.0317. The Morgan fingerprint density at radius 1 is 1.35 bits per heavy atom. The van der Waals surface area contributed by atoms with Gasteiger partial charge in [-0.2, -0.15) is 0 Å². The number of amides is 1. The van der Waals surface area contributed by atoms with Crippen LogP contribution in [0.25, 0.3) is 0 Å². The van der Waals surface area contributed by atoms with Crippen LogP contribution in [0.5, 0.6) is 0 Å². The average Bonchev–Trinajstić information content (AvgIpc) is 2.67. The zero-order chi connectivity index (χ0) is 18.4. The summed E-state index contributed by atoms with van der Waals surface area (Å²) in [6.45, 7) is 2.29. The molecule has 6 nitrogen and oxygen atoms in total. The van der Waals surface area contributed by atoms with Crippen LogP contribution in [0.3, 0.4) is 0 Å². The van der Waals surface area contributed by atoms with Gasteiger partial charge in [-0.15, -0.1) is 0 Å². The lowest BCUT2D eigenvalue weighted by Gasteiger charge is -2.33. The summed E-state index contributed by atoms with van der Waals surface area (Å²) in [5, 5.41) is 0. The molecule has 0 saturated carbocycles. The van der Waals surface area contributed by atoms with Crippen molar-refractivity contribution in [1.82, 2.24) is 9.88 Å². The number of morpholine rings is 1. The zero-order valence-corrected chi connectivity index (χ0v) is 15.1. The molecule has 3 rings (SSSR count). The van der Waals surface area contributed by atoms with Gasteiger partial charge in [0, 0.05) is 32.0 Å². The maximum atomic E-state index is 12.8. The smallest absolute Gasteiger partial charge is 0.254 e. The number of aryl methyl sites for hydroxylation is 1. The molecule has 1 aliphatic heterocycles. The first-order valence-electron chi connectivity index (χ1n) is 8.85. The van der Waals surface area contributed by atoms with Gasteiger partial charge in [0.2, 0.25) is 0 Å². The maximum Gasteiger partial charge on any atom is 0.254 e. The Hall–Kier alpha value is -2.44. The summed E-state index contributed by atoms with van der Waals surface area (Å²) in [5.74, 6) is 0.573. The summed E-state index contributed by atoms with van der Waals surface area (Å²) in [6, 6.07) is 11.5. The van der Waals surface area contributed by atoms with Crippen LogP contribution in [0.2, 0.25) is 0 Å². The highest BCUT2D eigenvalue weighted by Gasteiger charge is 2.25. The van der Waals surface area contributed by atoms with E-state index < -0.39 is 0 Å². The van der Waals surface area contributed by atoms with Crippen molar-refractivity contribution < 1.29 is 14.3 Å². The second-order valence-electron chi connectivity index (χ2n) is 6.50. The highest BCUT2D eigenvalue weighted by atomic mass is 16.5. The van der Waals surface area contributed by atoms with E-state index in [-0.39, 0.29) is 12.0 Å². The highest BCUT2D eigenvalue weighted by molar-refractivity contribution is 5.94. The Kier molecular flexibility index (Phi) is 6.20. The van der Waals surface area contributed by atoms with Gasteiger partial charge in [-0.1, -0.05) is 12.1 Å². The number of hydrogen-bond acceptors (Lipinski definition) is 5. The number of pyridine rings is 1. The number of nitrogens with two attached hydrogens (primary N) is 1. The third-order valence-electron chi connectivity index (χ3n) is 4.51. The first-order valence-corrected chi connectivity index (χ1v) is 8.85. The van der Waals surface area contributed by atoms with E-state index >= 15 is 0 Å². The molecule has 26 heavy (non-hydrogen) atoms. The van der Waals surface area contributed by atoms with E-state index in [0.29, 0.717) is 37.7 Å². The number of carbonyl (C=O) groups is 1. The lowest BCUT2D eigenvalue weighted by molar-refractivity contribution is -0.0246. The quantitative estimate of drug-likeness (QED) is 0.860. The van der Waals surface area contributed by atoms with Crippen LogP contribution in [0.15, 0.2) is 42.6 Å². The molecule has 0 spiro atoms. The number of methoxy groups -OCH3 is 1. The number of rotatable bonds is 6. The van der Waals surface area contributed by atoms with Gasteiger partial charge in [-0.05, 0) is 48.2 Å². The van der Waals surface area contributed by atoms with Crippen LogP contribution in [0.1, 0.15) is 27.9 Å². The number of carbonyl (C=O) groups excluding carboxylic acids is 1. The molecule has 2 aromatic rings. The van der Waals surface area contributed by atoms with E-state index in [1.54, 1.807) is 13.3 Å². The largest absolute Gasteiger partial charge is 0.384 e. The van der Waals surface area contributed by atoms with Crippen molar-refractivity contribution in [1.29, 1.82) is 0 Å². The molecule has 2 heterocycles. The van der Waals surface area contributed by atoms with Gasteiger partial charge in [-0.25, -0.2) is 4.98 Å². The van der Waals surface area contributed by atoms with E-state index in [1.165, 1.54) is 0 Å². The monoisotopic (exact) mass is 355 g/mol. The molecule has 0 radical (unpaired) electrons. The van der Waals surface area contributed by atoms with Crippen LogP contribution < -0.4 is 5.73 Å². The van der Waals surface area contributed by atoms with E-state index in [0.717, 1.165) is 24.0 Å². The molecule has 138 valence electrons. The molecule has 2 N–H and O–H groups in total. The van der Waals surface area contributed by atoms with Crippen molar-refractivity contribution in [2.75, 3.05) is 32.5 Å². The van der Waals surface area contributed by atoms with Crippen molar-refractivity contribution in [3.63, 3.8) is 0 Å². The number of aromatic nitrogens is 1. The van der Waals surface area contributed by atoms with Gasteiger partial charge in [-0.3, -0.25) is 4.79 Å². The van der Waals surface area contributed by atoms with Crippen LogP contribution in [-0.2, 0) is 22.5 Å². The number of anilines is 1. The molecule has 1 aromatic heterocycles. The van der Waals surface area contributed by atoms with Crippen molar-refractivity contribution in [3.8, 4) is 0 Å². The first kappa shape index (κ1) is 18.4. The summed E-state index contributed by atoms with van der Waals surface area (Å²) in [6.07, 6.45) is 3.44. The fraction of sp³-hybridized carbons (Fsp3) is 0.400. The number of nitrogens with zero attached hydrogens (tertiary/aromatic N) is 2. The van der Waals surface area contributed by atoms with Crippen LogP contribution in [-0.4, -0.2) is 48.7 Å². The summed E-state index contributed by atoms with van der Waals surface area (Å²) in [5.41, 5.74) is 8.55. The molecular weight excluding hydrogens is 330 g/mol. The standard InChI is InChI=1S/C20H25N3O3/c1-25-14-16-3-2-4-17(11-16)20(24)23-9-10-26-18(13-23)6-5-15-7-8-22-19(21)12-15/h2-4,7-8,11-12,18H,5-6,9-10,13-14H2,1H3,(H2,21,22). The number of nitrogen functional groups attached to an aromatic ring is 1. The van der Waals surface area contributed by atoms with Gasteiger partial charge < -0.3 is 20.1 Å². The Morgan fingerprint density at radius 3 is 3.04 bits per heavy atom. The van der Waals surface area contributed by atoms with Gasteiger partial charge in [0.25, 0.3) is 5.91 Å². The summed E-state index contributed by atoms with van der Waals surface area (Å²) >= 11 is 0. The minimum atomic E-state index is 0.0317. The molecule has 1 fully saturated rings. The Morgan fingerprint density at radius 2 is 2.23 bits per heavy atom. The van der Waals surface area contributed by atoms with E-state index in [4.69, 9.17) is 15.2 Å². The summed E-state index contributed by atoms with van der Waals surface area (Å²) in [7, 11) is 1.65. The molecule has 0 aliphatic carbocycles. The predicted octanol–water partition coefficient (Wildman–Crippen LogP) is 2.28. The summed E-state index contributed by atoms with van der Waals surface area (Å²) < 4.78 is 11.0. The number of benzene rings is 1. The molecule has 0 bridgehead atoms. The highest BCUT2D eigenvalue weighted by Crippen LogP contribution is 2.16. The Labute approximate surface area is 153 Å². The van der Waals surface area contributed by atoms with Crippen molar-refractivity contribution in [3.05, 3.63) is 59.3 Å². The van der Waals surface area contributed by atoms with Gasteiger partial charge >= 0.3 is 0 Å². The number of ether oxygens (including phenoxy) is 2. The van der Waals surface area contributed by atoms with Gasteiger partial charge in [0.15, 0.2) is 0 Å². The first-order chi connectivity index (χ1) is 12.7. The third kappa shape index (κ3) is 4.80. The Balaban J connectivity index is 1.59. The molecule has 1 aliphatic rings. The molecule has 6 heteroatoms. The minimum Gasteiger partial charge on any atom is -0.384 e. The van der Waals surface area contributed by atoms with Crippen molar-refractivity contribution >= 4 is 11.7 Å². The van der Waals surface area contributed by atoms with Crippen LogP contribution in [0.4, 0.5) is 5.82 Å². The maximum absolute atomic E-state index is 12.8. The molecule has 1 atom stereocenters. The molecule has 1 saturated heterocycles. The molecular formula is C20H25N3O3. The second kappa shape index (κ2) is 8.78. The van der Waals surface area contributed by atoms with Gasteiger partial charge in [0.05, 0.1) is 19.3 Å². The fourth-order valence-corrected chi connectivity index (χ4v) is 3.20. The van der Waals surface area contributed by atoms with Crippen LogP contribution >= 0.6 is 0 Å². The molecule has 1 unspecified atom stereocenters. The Bertz CT molecular complexity index is 751. The van der Waals surface area contributed by atoms with E-state index in [2.05, 4.69) is 4.98 Å². The predicted molar refractivity (Wildman–Crippen MR) is 99.8 cm³/mol. The SMILES string of the molecule is COCc1cccc(C(=O)N2CCOC(CCc3ccnc(N)c3)C2)c1. The van der Waals surface area contributed by atoms with Crippen LogP contribution in [0, 0.1) is 0 Å².